The molecule has 0 fully saturated rings. The number of ether oxygens (including phenoxy) is 1. The summed E-state index contributed by atoms with van der Waals surface area (Å²) in [4.78, 5) is 0. The van der Waals surface area contributed by atoms with Gasteiger partial charge in [0.2, 0.25) is 0 Å². The third-order valence-electron chi connectivity index (χ3n) is 2.34. The Kier molecular flexibility index (Phi) is 3.19. The van der Waals surface area contributed by atoms with Crippen LogP contribution in [0.1, 0.15) is 12.0 Å². The van der Waals surface area contributed by atoms with Crippen molar-refractivity contribution in [2.24, 2.45) is 5.73 Å². The molecule has 2 rings (SSSR count). The Morgan fingerprint density at radius 1 is 1.33 bits per heavy atom. The van der Waals surface area contributed by atoms with Gasteiger partial charge in [-0.2, -0.15) is 0 Å². The van der Waals surface area contributed by atoms with E-state index in [4.69, 9.17) is 33.7 Å². The Hall–Kier alpha value is -0.700. The molecule has 0 bridgehead atoms. The molecule has 2 nitrogen and oxygen atoms in total. The summed E-state index contributed by atoms with van der Waals surface area (Å²) >= 11 is 12.2. The van der Waals surface area contributed by atoms with Gasteiger partial charge in [0.15, 0.2) is 0 Å². The Morgan fingerprint density at radius 2 is 2.13 bits per heavy atom. The predicted molar refractivity (Wildman–Crippen MR) is 63.4 cm³/mol. The topological polar surface area (TPSA) is 35.2 Å². The molecule has 0 aromatic heterocycles. The number of rotatable bonds is 2. The summed E-state index contributed by atoms with van der Waals surface area (Å²) in [6.45, 7) is 1.09. The van der Waals surface area contributed by atoms with E-state index in [9.17, 15) is 0 Å². The van der Waals surface area contributed by atoms with Gasteiger partial charge >= 0.3 is 0 Å². The molecule has 0 aliphatic carbocycles. The SMILES string of the molecule is NCCC1=C(Cl)c2cc(Cl)ccc2OC1. The van der Waals surface area contributed by atoms with E-state index in [1.165, 1.54) is 0 Å². The molecule has 1 aromatic carbocycles. The maximum Gasteiger partial charge on any atom is 0.128 e. The number of benzene rings is 1. The van der Waals surface area contributed by atoms with Gasteiger partial charge in [-0.3, -0.25) is 0 Å². The van der Waals surface area contributed by atoms with E-state index in [-0.39, 0.29) is 0 Å². The number of hydrogen-bond acceptors (Lipinski definition) is 2. The standard InChI is InChI=1S/C11H11Cl2NO/c12-8-1-2-10-9(5-8)11(13)7(3-4-14)6-15-10/h1-2,5H,3-4,6,14H2. The summed E-state index contributed by atoms with van der Waals surface area (Å²) < 4.78 is 5.56. The van der Waals surface area contributed by atoms with Gasteiger partial charge in [0, 0.05) is 10.6 Å². The van der Waals surface area contributed by atoms with E-state index in [1.807, 2.05) is 12.1 Å². The van der Waals surface area contributed by atoms with Crippen LogP contribution in [0.5, 0.6) is 5.75 Å². The van der Waals surface area contributed by atoms with Crippen molar-refractivity contribution < 1.29 is 4.74 Å². The zero-order valence-electron chi connectivity index (χ0n) is 8.09. The zero-order chi connectivity index (χ0) is 10.8. The van der Waals surface area contributed by atoms with Crippen LogP contribution in [0.15, 0.2) is 23.8 Å². The second kappa shape index (κ2) is 4.44. The highest BCUT2D eigenvalue weighted by Gasteiger charge is 2.18. The van der Waals surface area contributed by atoms with Crippen molar-refractivity contribution in [2.45, 2.75) is 6.42 Å². The average Bonchev–Trinajstić information content (AvgIpc) is 2.23. The minimum atomic E-state index is 0.519. The molecule has 0 saturated heterocycles. The molecule has 1 heterocycles. The number of nitrogens with two attached hydrogens (primary N) is 1. The van der Waals surface area contributed by atoms with Crippen LogP contribution >= 0.6 is 23.2 Å². The summed E-state index contributed by atoms with van der Waals surface area (Å²) in [7, 11) is 0. The second-order valence-corrected chi connectivity index (χ2v) is 4.20. The molecule has 0 radical (unpaired) electrons. The molecule has 0 amide bonds. The molecule has 1 aromatic rings. The molecular formula is C11H11Cl2NO. The lowest BCUT2D eigenvalue weighted by Crippen LogP contribution is -2.12. The molecular weight excluding hydrogens is 233 g/mol. The zero-order valence-corrected chi connectivity index (χ0v) is 9.61. The van der Waals surface area contributed by atoms with Crippen LogP contribution in [-0.2, 0) is 0 Å². The quantitative estimate of drug-likeness (QED) is 0.867. The summed E-state index contributed by atoms with van der Waals surface area (Å²) in [5.74, 6) is 0.783. The maximum atomic E-state index is 6.25. The fourth-order valence-corrected chi connectivity index (χ4v) is 2.04. The van der Waals surface area contributed by atoms with E-state index in [1.54, 1.807) is 6.07 Å². The van der Waals surface area contributed by atoms with Crippen molar-refractivity contribution in [3.05, 3.63) is 34.4 Å². The Morgan fingerprint density at radius 3 is 2.87 bits per heavy atom. The van der Waals surface area contributed by atoms with Gasteiger partial charge in [-0.25, -0.2) is 0 Å². The number of halogens is 2. The van der Waals surface area contributed by atoms with Crippen LogP contribution < -0.4 is 10.5 Å². The highest BCUT2D eigenvalue weighted by atomic mass is 35.5. The fraction of sp³-hybridized carbons (Fsp3) is 0.273. The Balaban J connectivity index is 2.45. The lowest BCUT2D eigenvalue weighted by Gasteiger charge is -2.20. The minimum Gasteiger partial charge on any atom is -0.489 e. The smallest absolute Gasteiger partial charge is 0.128 e. The third kappa shape index (κ3) is 2.12. The van der Waals surface area contributed by atoms with Crippen LogP contribution in [0.4, 0.5) is 0 Å². The van der Waals surface area contributed by atoms with Crippen molar-refractivity contribution in [1.82, 2.24) is 0 Å². The van der Waals surface area contributed by atoms with E-state index in [0.717, 1.165) is 28.3 Å². The Bertz CT molecular complexity index is 415. The van der Waals surface area contributed by atoms with Gasteiger partial charge in [-0.05, 0) is 36.7 Å². The van der Waals surface area contributed by atoms with Crippen molar-refractivity contribution >= 4 is 28.2 Å². The molecule has 80 valence electrons. The first-order valence-electron chi connectivity index (χ1n) is 4.72. The van der Waals surface area contributed by atoms with E-state index < -0.39 is 0 Å². The Labute approximate surface area is 98.6 Å². The first-order valence-corrected chi connectivity index (χ1v) is 5.48. The minimum absolute atomic E-state index is 0.519. The van der Waals surface area contributed by atoms with Crippen molar-refractivity contribution in [3.8, 4) is 5.75 Å². The van der Waals surface area contributed by atoms with E-state index in [0.29, 0.717) is 18.2 Å². The van der Waals surface area contributed by atoms with Crippen molar-refractivity contribution in [2.75, 3.05) is 13.2 Å². The lowest BCUT2D eigenvalue weighted by molar-refractivity contribution is 0.342. The molecule has 0 atom stereocenters. The number of fused-ring (bicyclic) bond motifs is 1. The molecule has 4 heteroatoms. The summed E-state index contributed by atoms with van der Waals surface area (Å²) in [6.07, 6.45) is 0.755. The van der Waals surface area contributed by atoms with Gasteiger partial charge < -0.3 is 10.5 Å². The lowest BCUT2D eigenvalue weighted by atomic mass is 10.1. The first-order chi connectivity index (χ1) is 7.22. The molecule has 1 aliphatic rings. The van der Waals surface area contributed by atoms with Gasteiger partial charge in [0.25, 0.3) is 0 Å². The molecule has 0 saturated carbocycles. The summed E-state index contributed by atoms with van der Waals surface area (Å²) in [5, 5.41) is 1.38. The molecule has 1 aliphatic heterocycles. The maximum absolute atomic E-state index is 6.25. The van der Waals surface area contributed by atoms with Crippen LogP contribution in [-0.4, -0.2) is 13.2 Å². The van der Waals surface area contributed by atoms with Crippen molar-refractivity contribution in [3.63, 3.8) is 0 Å². The van der Waals surface area contributed by atoms with Crippen LogP contribution in [0.25, 0.3) is 5.03 Å². The predicted octanol–water partition coefficient (Wildman–Crippen LogP) is 3.03. The van der Waals surface area contributed by atoms with Gasteiger partial charge in [-0.15, -0.1) is 0 Å². The largest absolute Gasteiger partial charge is 0.489 e. The monoisotopic (exact) mass is 243 g/mol. The normalized spacial score (nSPS) is 14.9. The van der Waals surface area contributed by atoms with Crippen molar-refractivity contribution in [1.29, 1.82) is 0 Å². The molecule has 0 spiro atoms. The number of hydrogen-bond donors (Lipinski definition) is 1. The van der Waals surface area contributed by atoms with Gasteiger partial charge in [0.1, 0.15) is 12.4 Å². The van der Waals surface area contributed by atoms with Gasteiger partial charge in [-0.1, -0.05) is 23.2 Å². The fourth-order valence-electron chi connectivity index (χ4n) is 1.57. The summed E-state index contributed by atoms with van der Waals surface area (Å²) in [5.41, 5.74) is 7.39. The van der Waals surface area contributed by atoms with Crippen LogP contribution in [0, 0.1) is 0 Å². The highest BCUT2D eigenvalue weighted by Crippen LogP contribution is 2.37. The van der Waals surface area contributed by atoms with E-state index >= 15 is 0 Å². The third-order valence-corrected chi connectivity index (χ3v) is 3.04. The average molecular weight is 244 g/mol. The van der Waals surface area contributed by atoms with Gasteiger partial charge in [0.05, 0.1) is 5.03 Å². The second-order valence-electron chi connectivity index (χ2n) is 3.39. The first kappa shape index (κ1) is 10.8. The van der Waals surface area contributed by atoms with Crippen LogP contribution in [0.3, 0.4) is 0 Å². The molecule has 15 heavy (non-hydrogen) atoms. The molecule has 0 unspecified atom stereocenters. The highest BCUT2D eigenvalue weighted by molar-refractivity contribution is 6.50. The van der Waals surface area contributed by atoms with Crippen LogP contribution in [0.2, 0.25) is 5.02 Å². The molecule has 2 N–H and O–H groups in total. The van der Waals surface area contributed by atoms with E-state index in [2.05, 4.69) is 0 Å². The summed E-state index contributed by atoms with van der Waals surface area (Å²) in [6, 6.07) is 5.44.